The lowest BCUT2D eigenvalue weighted by Gasteiger charge is -2.19. The highest BCUT2D eigenvalue weighted by Crippen LogP contribution is 2.30. The second kappa shape index (κ2) is 9.46. The van der Waals surface area contributed by atoms with Crippen LogP contribution in [0.1, 0.15) is 49.3 Å². The number of nitrogens with zero attached hydrogens (tertiary/aromatic N) is 3. The summed E-state index contributed by atoms with van der Waals surface area (Å²) in [6.07, 6.45) is -1.22. The zero-order valence-corrected chi connectivity index (χ0v) is 19.2. The highest BCUT2D eigenvalue weighted by atomic mass is 16.7. The van der Waals surface area contributed by atoms with Crippen molar-refractivity contribution < 1.29 is 29.1 Å². The van der Waals surface area contributed by atoms with Crippen molar-refractivity contribution in [2.45, 2.75) is 31.8 Å². The Kier molecular flexibility index (Phi) is 6.18. The van der Waals surface area contributed by atoms with Crippen LogP contribution in [0, 0.1) is 6.92 Å². The maximum Gasteiger partial charge on any atom is 0.351 e. The molecular formula is C25H22N4O7. The summed E-state index contributed by atoms with van der Waals surface area (Å²) in [5.74, 6) is -1.47. The van der Waals surface area contributed by atoms with Crippen molar-refractivity contribution in [1.82, 2.24) is 14.6 Å². The summed E-state index contributed by atoms with van der Waals surface area (Å²) < 4.78 is 7.03. The zero-order chi connectivity index (χ0) is 25.4. The molecule has 0 spiro atoms. The summed E-state index contributed by atoms with van der Waals surface area (Å²) in [6.45, 7) is 1.40. The minimum atomic E-state index is -1.02. The van der Waals surface area contributed by atoms with E-state index in [2.05, 4.69) is 10.3 Å². The fourth-order valence-corrected chi connectivity index (χ4v) is 4.14. The fourth-order valence-electron chi connectivity index (χ4n) is 4.14. The van der Waals surface area contributed by atoms with Gasteiger partial charge in [-0.15, -0.1) is 5.06 Å². The second-order valence-electron chi connectivity index (χ2n) is 8.46. The average molecular weight is 490 g/mol. The van der Waals surface area contributed by atoms with Gasteiger partial charge in [0.2, 0.25) is 0 Å². The number of ether oxygens (including phenoxy) is 1. The van der Waals surface area contributed by atoms with Crippen LogP contribution < -0.4 is 11.0 Å². The monoisotopic (exact) mass is 490 g/mol. The summed E-state index contributed by atoms with van der Waals surface area (Å²) in [5, 5.41) is 13.7. The van der Waals surface area contributed by atoms with Gasteiger partial charge in [0.1, 0.15) is 24.8 Å². The summed E-state index contributed by atoms with van der Waals surface area (Å²) in [6, 6.07) is 14.9. The van der Waals surface area contributed by atoms with E-state index < -0.39 is 41.8 Å². The molecule has 2 aromatic carbocycles. The van der Waals surface area contributed by atoms with Gasteiger partial charge < -0.3 is 15.2 Å². The maximum atomic E-state index is 12.7. The molecule has 184 valence electrons. The summed E-state index contributed by atoms with van der Waals surface area (Å²) in [7, 11) is 0. The number of rotatable bonds is 6. The van der Waals surface area contributed by atoms with Gasteiger partial charge in [0.15, 0.2) is 0 Å². The largest absolute Gasteiger partial charge is 0.390 e. The first kappa shape index (κ1) is 23.5. The lowest BCUT2D eigenvalue weighted by molar-refractivity contribution is -0.141. The topological polar surface area (TPSA) is 140 Å². The molecule has 2 aliphatic heterocycles. The summed E-state index contributed by atoms with van der Waals surface area (Å²) in [4.78, 5) is 59.4. The number of aryl methyl sites for hydroxylation is 1. The molecule has 2 aliphatic rings. The Bertz CT molecular complexity index is 1370. The van der Waals surface area contributed by atoms with E-state index in [1.54, 1.807) is 49.4 Å². The van der Waals surface area contributed by atoms with E-state index in [4.69, 9.17) is 9.57 Å². The van der Waals surface area contributed by atoms with E-state index in [9.17, 15) is 24.3 Å². The summed E-state index contributed by atoms with van der Waals surface area (Å²) in [5.41, 5.74) is 0.735. The first-order chi connectivity index (χ1) is 17.3. The van der Waals surface area contributed by atoms with E-state index in [0.29, 0.717) is 16.2 Å². The van der Waals surface area contributed by atoms with E-state index in [1.165, 1.54) is 22.9 Å². The maximum absolute atomic E-state index is 12.7. The number of amides is 3. The number of carbonyl (C=O) groups is 3. The van der Waals surface area contributed by atoms with Crippen LogP contribution in [0.3, 0.4) is 0 Å². The molecular weight excluding hydrogens is 468 g/mol. The van der Waals surface area contributed by atoms with Gasteiger partial charge in [-0.1, -0.05) is 30.3 Å². The average Bonchev–Trinajstić information content (AvgIpc) is 3.37. The molecule has 36 heavy (non-hydrogen) atoms. The molecule has 3 amide bonds. The van der Waals surface area contributed by atoms with Crippen molar-refractivity contribution in [3.8, 4) is 0 Å². The number of anilines is 1. The molecule has 2 N–H and O–H groups in total. The van der Waals surface area contributed by atoms with Crippen LogP contribution in [-0.4, -0.2) is 56.3 Å². The fraction of sp³-hybridized carbons (Fsp3) is 0.240. The Labute approximate surface area is 204 Å². The SMILES string of the molecule is Cc1cn([C@H]2CC(O)[C@@H](CON3C(=O)c4ccccc4C3=O)O2)c(=O)nc1NC(=O)c1ccccc1. The Balaban J connectivity index is 1.25. The number of hydrogen-bond donors (Lipinski definition) is 2. The van der Waals surface area contributed by atoms with Gasteiger partial charge in [0.25, 0.3) is 17.7 Å². The number of fused-ring (bicyclic) bond motifs is 1. The van der Waals surface area contributed by atoms with Crippen molar-refractivity contribution in [3.05, 3.63) is 93.5 Å². The molecule has 3 aromatic rings. The molecule has 1 saturated heterocycles. The predicted octanol–water partition coefficient (Wildman–Crippen LogP) is 1.68. The van der Waals surface area contributed by atoms with Gasteiger partial charge in [-0.3, -0.25) is 23.8 Å². The number of hydrogen-bond acceptors (Lipinski definition) is 8. The van der Waals surface area contributed by atoms with Crippen LogP contribution in [0.2, 0.25) is 0 Å². The Morgan fingerprint density at radius 3 is 2.39 bits per heavy atom. The first-order valence-corrected chi connectivity index (χ1v) is 11.2. The predicted molar refractivity (Wildman–Crippen MR) is 125 cm³/mol. The third-order valence-electron chi connectivity index (χ3n) is 6.04. The highest BCUT2D eigenvalue weighted by Gasteiger charge is 2.40. The van der Waals surface area contributed by atoms with Crippen molar-refractivity contribution >= 4 is 23.5 Å². The van der Waals surface area contributed by atoms with Gasteiger partial charge in [-0.25, -0.2) is 4.79 Å². The lowest BCUT2D eigenvalue weighted by Crippen LogP contribution is -2.36. The highest BCUT2D eigenvalue weighted by molar-refractivity contribution is 6.20. The molecule has 11 nitrogen and oxygen atoms in total. The van der Waals surface area contributed by atoms with E-state index in [1.807, 2.05) is 0 Å². The minimum Gasteiger partial charge on any atom is -0.390 e. The van der Waals surface area contributed by atoms with Crippen molar-refractivity contribution in [2.24, 2.45) is 0 Å². The van der Waals surface area contributed by atoms with Crippen LogP contribution in [0.25, 0.3) is 0 Å². The molecule has 3 heterocycles. The number of carbonyl (C=O) groups excluding carboxylic acids is 3. The minimum absolute atomic E-state index is 0.0624. The number of aliphatic hydroxyl groups is 1. The van der Waals surface area contributed by atoms with Crippen molar-refractivity contribution in [1.29, 1.82) is 0 Å². The molecule has 0 saturated carbocycles. The molecule has 11 heteroatoms. The standard InChI is InChI=1S/C25H22N4O7/c1-14-12-28(25(34)27-21(14)26-22(31)15-7-3-2-4-8-15)20-11-18(30)19(36-20)13-35-29-23(32)16-9-5-6-10-17(16)24(29)33/h2-10,12,18-20,30H,11,13H2,1H3,(H,26,27,31,34)/t18?,19-,20-/m1/s1. The normalized spacial score (nSPS) is 21.1. The van der Waals surface area contributed by atoms with Gasteiger partial charge in [0.05, 0.1) is 17.2 Å². The quantitative estimate of drug-likeness (QED) is 0.498. The zero-order valence-electron chi connectivity index (χ0n) is 19.2. The van der Waals surface area contributed by atoms with Crippen molar-refractivity contribution in [3.63, 3.8) is 0 Å². The molecule has 5 rings (SSSR count). The number of nitrogens with one attached hydrogen (secondary N) is 1. The Morgan fingerprint density at radius 1 is 1.08 bits per heavy atom. The number of aliphatic hydroxyl groups excluding tert-OH is 1. The van der Waals surface area contributed by atoms with E-state index in [0.717, 1.165) is 0 Å². The van der Waals surface area contributed by atoms with Gasteiger partial charge in [-0.05, 0) is 31.2 Å². The molecule has 0 radical (unpaired) electrons. The second-order valence-corrected chi connectivity index (χ2v) is 8.46. The van der Waals surface area contributed by atoms with E-state index in [-0.39, 0.29) is 30.0 Å². The van der Waals surface area contributed by atoms with Crippen LogP contribution in [0.5, 0.6) is 0 Å². The van der Waals surface area contributed by atoms with Gasteiger partial charge in [0, 0.05) is 23.7 Å². The van der Waals surface area contributed by atoms with Crippen LogP contribution in [0.15, 0.2) is 65.6 Å². The number of aromatic nitrogens is 2. The third kappa shape index (κ3) is 4.31. The molecule has 0 bridgehead atoms. The Morgan fingerprint density at radius 2 is 1.72 bits per heavy atom. The number of imide groups is 1. The molecule has 1 fully saturated rings. The molecule has 0 aliphatic carbocycles. The van der Waals surface area contributed by atoms with Crippen LogP contribution in [-0.2, 0) is 9.57 Å². The summed E-state index contributed by atoms with van der Waals surface area (Å²) >= 11 is 0. The number of hydroxylamine groups is 2. The Hall–Kier alpha value is -4.19. The first-order valence-electron chi connectivity index (χ1n) is 11.2. The molecule has 1 unspecified atom stereocenters. The van der Waals surface area contributed by atoms with Gasteiger partial charge >= 0.3 is 5.69 Å². The van der Waals surface area contributed by atoms with Crippen LogP contribution >= 0.6 is 0 Å². The molecule has 3 atom stereocenters. The smallest absolute Gasteiger partial charge is 0.351 e. The van der Waals surface area contributed by atoms with Crippen molar-refractivity contribution in [2.75, 3.05) is 11.9 Å². The molecule has 1 aromatic heterocycles. The van der Waals surface area contributed by atoms with Crippen LogP contribution in [0.4, 0.5) is 5.82 Å². The lowest BCUT2D eigenvalue weighted by atomic mass is 10.1. The number of benzene rings is 2. The van der Waals surface area contributed by atoms with Gasteiger partial charge in [-0.2, -0.15) is 4.98 Å². The van der Waals surface area contributed by atoms with E-state index >= 15 is 0 Å². The third-order valence-corrected chi connectivity index (χ3v) is 6.04.